The SMILES string of the molecule is CCOC(=O)C=Cc1ccc(OC)c(F)c1CC. The molecule has 0 N–H and O–H groups in total. The number of methoxy groups -OCH3 is 1. The second kappa shape index (κ2) is 6.79. The molecule has 0 amide bonds. The molecule has 0 spiro atoms. The molecule has 0 aliphatic rings. The number of esters is 1. The lowest BCUT2D eigenvalue weighted by Gasteiger charge is -2.09. The van der Waals surface area contributed by atoms with Gasteiger partial charge in [-0.05, 0) is 36.6 Å². The summed E-state index contributed by atoms with van der Waals surface area (Å²) in [5, 5.41) is 0. The number of ether oxygens (including phenoxy) is 2. The number of carbonyl (C=O) groups excluding carboxylic acids is 1. The largest absolute Gasteiger partial charge is 0.494 e. The van der Waals surface area contributed by atoms with Gasteiger partial charge in [0.25, 0.3) is 0 Å². The summed E-state index contributed by atoms with van der Waals surface area (Å²) in [7, 11) is 1.42. The zero-order valence-corrected chi connectivity index (χ0v) is 10.8. The molecule has 1 rings (SSSR count). The highest BCUT2D eigenvalue weighted by Gasteiger charge is 2.11. The van der Waals surface area contributed by atoms with Crippen LogP contribution in [0, 0.1) is 5.82 Å². The van der Waals surface area contributed by atoms with Crippen LogP contribution in [0.15, 0.2) is 18.2 Å². The fourth-order valence-corrected chi connectivity index (χ4v) is 1.64. The van der Waals surface area contributed by atoms with Crippen molar-refractivity contribution >= 4 is 12.0 Å². The van der Waals surface area contributed by atoms with E-state index in [1.54, 1.807) is 25.1 Å². The maximum absolute atomic E-state index is 13.9. The van der Waals surface area contributed by atoms with Crippen molar-refractivity contribution in [3.63, 3.8) is 0 Å². The van der Waals surface area contributed by atoms with E-state index in [0.717, 1.165) is 0 Å². The van der Waals surface area contributed by atoms with E-state index in [1.165, 1.54) is 13.2 Å². The van der Waals surface area contributed by atoms with Crippen molar-refractivity contribution in [3.8, 4) is 5.75 Å². The highest BCUT2D eigenvalue weighted by molar-refractivity contribution is 5.87. The summed E-state index contributed by atoms with van der Waals surface area (Å²) in [4.78, 5) is 11.2. The van der Waals surface area contributed by atoms with Crippen LogP contribution in [0.5, 0.6) is 5.75 Å². The smallest absolute Gasteiger partial charge is 0.330 e. The monoisotopic (exact) mass is 252 g/mol. The summed E-state index contributed by atoms with van der Waals surface area (Å²) in [6, 6.07) is 3.26. The molecule has 1 aromatic rings. The van der Waals surface area contributed by atoms with Crippen LogP contribution in [0.1, 0.15) is 25.0 Å². The van der Waals surface area contributed by atoms with Gasteiger partial charge >= 0.3 is 5.97 Å². The van der Waals surface area contributed by atoms with Gasteiger partial charge in [0, 0.05) is 6.08 Å². The maximum atomic E-state index is 13.9. The second-order valence-corrected chi connectivity index (χ2v) is 3.59. The van der Waals surface area contributed by atoms with Crippen LogP contribution >= 0.6 is 0 Å². The van der Waals surface area contributed by atoms with Gasteiger partial charge in [-0.2, -0.15) is 0 Å². The molecular weight excluding hydrogens is 235 g/mol. The molecule has 0 aliphatic heterocycles. The van der Waals surface area contributed by atoms with Crippen molar-refractivity contribution in [2.45, 2.75) is 20.3 Å². The molecule has 0 fully saturated rings. The topological polar surface area (TPSA) is 35.5 Å². The van der Waals surface area contributed by atoms with E-state index >= 15 is 0 Å². The molecule has 0 heterocycles. The van der Waals surface area contributed by atoms with Crippen molar-refractivity contribution in [1.82, 2.24) is 0 Å². The van der Waals surface area contributed by atoms with Crippen LogP contribution in [0.2, 0.25) is 0 Å². The molecular formula is C14H17FO3. The fraction of sp³-hybridized carbons (Fsp3) is 0.357. The normalized spacial score (nSPS) is 10.7. The summed E-state index contributed by atoms with van der Waals surface area (Å²) < 4.78 is 23.6. The molecule has 98 valence electrons. The Balaban J connectivity index is 3.03. The van der Waals surface area contributed by atoms with Gasteiger partial charge in [0.15, 0.2) is 11.6 Å². The minimum atomic E-state index is -0.434. The van der Waals surface area contributed by atoms with Crippen LogP contribution in [0.3, 0.4) is 0 Å². The fourth-order valence-electron chi connectivity index (χ4n) is 1.64. The van der Waals surface area contributed by atoms with Gasteiger partial charge in [-0.25, -0.2) is 9.18 Å². The number of benzene rings is 1. The maximum Gasteiger partial charge on any atom is 0.330 e. The Kier molecular flexibility index (Phi) is 5.36. The predicted molar refractivity (Wildman–Crippen MR) is 68.0 cm³/mol. The van der Waals surface area contributed by atoms with E-state index in [1.807, 2.05) is 6.92 Å². The van der Waals surface area contributed by atoms with Gasteiger partial charge < -0.3 is 9.47 Å². The van der Waals surface area contributed by atoms with Crippen LogP contribution < -0.4 is 4.74 Å². The molecule has 0 saturated heterocycles. The van der Waals surface area contributed by atoms with Crippen molar-refractivity contribution < 1.29 is 18.7 Å². The Morgan fingerprint density at radius 1 is 1.39 bits per heavy atom. The molecule has 3 nitrogen and oxygen atoms in total. The first-order valence-electron chi connectivity index (χ1n) is 5.84. The van der Waals surface area contributed by atoms with E-state index in [4.69, 9.17) is 9.47 Å². The molecule has 0 saturated carbocycles. The lowest BCUT2D eigenvalue weighted by atomic mass is 10.0. The average Bonchev–Trinajstić information content (AvgIpc) is 2.36. The molecule has 0 aromatic heterocycles. The summed E-state index contributed by atoms with van der Waals surface area (Å²) in [6.07, 6.45) is 3.37. The highest BCUT2D eigenvalue weighted by atomic mass is 19.1. The molecule has 4 heteroatoms. The van der Waals surface area contributed by atoms with Crippen LogP contribution in [-0.2, 0) is 16.0 Å². The van der Waals surface area contributed by atoms with Gasteiger partial charge in [-0.1, -0.05) is 13.0 Å². The minimum absolute atomic E-state index is 0.208. The molecule has 0 atom stereocenters. The van der Waals surface area contributed by atoms with Gasteiger partial charge in [-0.3, -0.25) is 0 Å². The quantitative estimate of drug-likeness (QED) is 0.597. The number of halogens is 1. The number of rotatable bonds is 5. The van der Waals surface area contributed by atoms with Gasteiger partial charge in [0.2, 0.25) is 0 Å². The van der Waals surface area contributed by atoms with E-state index in [0.29, 0.717) is 24.2 Å². The number of carbonyl (C=O) groups is 1. The van der Waals surface area contributed by atoms with E-state index in [-0.39, 0.29) is 11.6 Å². The summed E-state index contributed by atoms with van der Waals surface area (Å²) in [6.45, 7) is 3.90. The first kappa shape index (κ1) is 14.2. The van der Waals surface area contributed by atoms with Crippen LogP contribution in [-0.4, -0.2) is 19.7 Å². The van der Waals surface area contributed by atoms with E-state index < -0.39 is 5.97 Å². The zero-order valence-electron chi connectivity index (χ0n) is 10.8. The first-order chi connectivity index (χ1) is 8.63. The molecule has 18 heavy (non-hydrogen) atoms. The molecule has 0 radical (unpaired) electrons. The number of hydrogen-bond acceptors (Lipinski definition) is 3. The second-order valence-electron chi connectivity index (χ2n) is 3.59. The molecule has 0 unspecified atom stereocenters. The molecule has 0 aliphatic carbocycles. The van der Waals surface area contributed by atoms with Gasteiger partial charge in [0.1, 0.15) is 0 Å². The Labute approximate surface area is 106 Å². The Morgan fingerprint density at radius 2 is 2.11 bits per heavy atom. The Morgan fingerprint density at radius 3 is 2.67 bits per heavy atom. The van der Waals surface area contributed by atoms with Crippen molar-refractivity contribution in [3.05, 3.63) is 35.2 Å². The highest BCUT2D eigenvalue weighted by Crippen LogP contribution is 2.25. The molecule has 0 bridgehead atoms. The first-order valence-corrected chi connectivity index (χ1v) is 5.84. The zero-order chi connectivity index (χ0) is 13.5. The van der Waals surface area contributed by atoms with E-state index in [2.05, 4.69) is 0 Å². The standard InChI is InChI=1S/C14H17FO3/c1-4-11-10(7-9-13(16)18-5-2)6-8-12(17-3)14(11)15/h6-9H,4-5H2,1-3H3. The van der Waals surface area contributed by atoms with Crippen LogP contribution in [0.25, 0.3) is 6.08 Å². The Hall–Kier alpha value is -1.84. The Bertz CT molecular complexity index is 453. The number of hydrogen-bond donors (Lipinski definition) is 0. The van der Waals surface area contributed by atoms with Crippen molar-refractivity contribution in [2.24, 2.45) is 0 Å². The summed E-state index contributed by atoms with van der Waals surface area (Å²) >= 11 is 0. The van der Waals surface area contributed by atoms with Gasteiger partial charge in [0.05, 0.1) is 13.7 Å². The average molecular weight is 252 g/mol. The predicted octanol–water partition coefficient (Wildman–Crippen LogP) is 2.97. The lowest BCUT2D eigenvalue weighted by molar-refractivity contribution is -0.137. The molecule has 1 aromatic carbocycles. The van der Waals surface area contributed by atoms with Crippen molar-refractivity contribution in [1.29, 1.82) is 0 Å². The summed E-state index contributed by atoms with van der Waals surface area (Å²) in [5.41, 5.74) is 1.18. The minimum Gasteiger partial charge on any atom is -0.494 e. The van der Waals surface area contributed by atoms with Crippen molar-refractivity contribution in [2.75, 3.05) is 13.7 Å². The van der Waals surface area contributed by atoms with Gasteiger partial charge in [-0.15, -0.1) is 0 Å². The third-order valence-corrected chi connectivity index (χ3v) is 2.50. The third-order valence-electron chi connectivity index (χ3n) is 2.50. The van der Waals surface area contributed by atoms with Crippen LogP contribution in [0.4, 0.5) is 4.39 Å². The summed E-state index contributed by atoms with van der Waals surface area (Å²) in [5.74, 6) is -0.609. The third kappa shape index (κ3) is 3.32. The van der Waals surface area contributed by atoms with E-state index in [9.17, 15) is 9.18 Å². The lowest BCUT2D eigenvalue weighted by Crippen LogP contribution is -2.00.